The van der Waals surface area contributed by atoms with E-state index in [0.29, 0.717) is 11.4 Å². The zero-order chi connectivity index (χ0) is 17.4. The number of aromatic nitrogens is 3. The van der Waals surface area contributed by atoms with E-state index in [1.807, 2.05) is 23.0 Å². The lowest BCUT2D eigenvalue weighted by Gasteiger charge is -2.03. The normalized spacial score (nSPS) is 11.0. The van der Waals surface area contributed by atoms with E-state index in [4.69, 9.17) is 11.5 Å². The molecule has 1 aromatic carbocycles. The van der Waals surface area contributed by atoms with Crippen LogP contribution in [0.3, 0.4) is 0 Å². The summed E-state index contributed by atoms with van der Waals surface area (Å²) >= 11 is 1.49. The maximum atomic E-state index is 11.6. The zero-order valence-corrected chi connectivity index (χ0v) is 14.0. The number of thiophene rings is 1. The van der Waals surface area contributed by atoms with E-state index in [0.717, 1.165) is 32.6 Å². The first-order chi connectivity index (χ1) is 12.1. The number of pyridine rings is 1. The van der Waals surface area contributed by atoms with Gasteiger partial charge in [0.2, 0.25) is 0 Å². The van der Waals surface area contributed by atoms with Crippen LogP contribution in [0.25, 0.3) is 20.5 Å². The number of anilines is 1. The first-order valence-electron chi connectivity index (χ1n) is 7.66. The number of rotatable bonds is 4. The molecule has 0 saturated heterocycles. The average molecular weight is 349 g/mol. The number of nitrogens with zero attached hydrogens (tertiary/aromatic N) is 3. The topological polar surface area (TPSA) is 99.8 Å². The second-order valence-corrected chi connectivity index (χ2v) is 6.73. The van der Waals surface area contributed by atoms with Crippen LogP contribution in [-0.2, 0) is 6.54 Å². The van der Waals surface area contributed by atoms with Crippen LogP contribution in [-0.4, -0.2) is 20.7 Å². The molecule has 4 rings (SSSR count). The van der Waals surface area contributed by atoms with E-state index in [1.54, 1.807) is 6.20 Å². The highest BCUT2D eigenvalue weighted by Crippen LogP contribution is 2.37. The van der Waals surface area contributed by atoms with Gasteiger partial charge in [-0.25, -0.2) is 4.98 Å². The summed E-state index contributed by atoms with van der Waals surface area (Å²) in [5, 5.41) is 4.97. The van der Waals surface area contributed by atoms with Crippen molar-refractivity contribution in [2.24, 2.45) is 5.73 Å². The summed E-state index contributed by atoms with van der Waals surface area (Å²) in [6, 6.07) is 12.1. The van der Waals surface area contributed by atoms with Crippen LogP contribution in [0.1, 0.15) is 15.9 Å². The Bertz CT molecular complexity index is 1050. The van der Waals surface area contributed by atoms with Crippen LogP contribution < -0.4 is 11.5 Å². The van der Waals surface area contributed by atoms with Crippen LogP contribution in [0.2, 0.25) is 0 Å². The number of fused-ring (bicyclic) bond motifs is 1. The summed E-state index contributed by atoms with van der Waals surface area (Å²) in [5.41, 5.74) is 14.0. The highest BCUT2D eigenvalue weighted by atomic mass is 32.1. The van der Waals surface area contributed by atoms with Gasteiger partial charge in [-0.2, -0.15) is 5.10 Å². The van der Waals surface area contributed by atoms with E-state index in [2.05, 4.69) is 34.3 Å². The van der Waals surface area contributed by atoms with Gasteiger partial charge in [0.05, 0.1) is 16.8 Å². The third kappa shape index (κ3) is 2.85. The summed E-state index contributed by atoms with van der Waals surface area (Å²) in [6.07, 6.45) is 5.13. The van der Waals surface area contributed by atoms with Crippen LogP contribution >= 0.6 is 11.3 Å². The summed E-state index contributed by atoms with van der Waals surface area (Å²) in [7, 11) is 0. The molecule has 0 fully saturated rings. The molecule has 4 N–H and O–H groups in total. The van der Waals surface area contributed by atoms with Gasteiger partial charge in [-0.05, 0) is 23.3 Å². The number of benzene rings is 1. The third-order valence-corrected chi connectivity index (χ3v) is 5.21. The van der Waals surface area contributed by atoms with Gasteiger partial charge < -0.3 is 11.5 Å². The monoisotopic (exact) mass is 349 g/mol. The number of carbonyl (C=O) groups is 1. The molecule has 7 heteroatoms. The van der Waals surface area contributed by atoms with Crippen LogP contribution in [0.5, 0.6) is 0 Å². The number of nitrogens with two attached hydrogens (primary N) is 2. The third-order valence-electron chi connectivity index (χ3n) is 3.99. The molecule has 6 nitrogen and oxygen atoms in total. The van der Waals surface area contributed by atoms with Crippen molar-refractivity contribution in [3.63, 3.8) is 0 Å². The first kappa shape index (κ1) is 15.3. The molecule has 3 aromatic heterocycles. The van der Waals surface area contributed by atoms with Crippen LogP contribution in [0.15, 0.2) is 55.0 Å². The van der Waals surface area contributed by atoms with Crippen molar-refractivity contribution in [2.75, 3.05) is 5.73 Å². The van der Waals surface area contributed by atoms with Gasteiger partial charge in [-0.1, -0.05) is 24.3 Å². The minimum atomic E-state index is -0.500. The van der Waals surface area contributed by atoms with Gasteiger partial charge in [0.1, 0.15) is 5.82 Å². The van der Waals surface area contributed by atoms with Crippen molar-refractivity contribution in [2.45, 2.75) is 6.54 Å². The summed E-state index contributed by atoms with van der Waals surface area (Å²) in [5.74, 6) is -0.0988. The summed E-state index contributed by atoms with van der Waals surface area (Å²) in [6.45, 7) is 0.725. The molecule has 0 aliphatic heterocycles. The van der Waals surface area contributed by atoms with Crippen molar-refractivity contribution in [3.05, 3.63) is 66.1 Å². The Kier molecular flexibility index (Phi) is 3.70. The number of primary amides is 1. The van der Waals surface area contributed by atoms with Crippen molar-refractivity contribution in [1.82, 2.24) is 14.8 Å². The lowest BCUT2D eigenvalue weighted by molar-refractivity contribution is 0.100. The Morgan fingerprint density at radius 3 is 2.72 bits per heavy atom. The Hall–Kier alpha value is -3.19. The molecule has 3 heterocycles. The molecular formula is C18H15N5OS. The SMILES string of the molecule is NC(=O)c1cnc(N)c2cc(-c3ccc(Cn4cccn4)cc3)sc12. The molecule has 0 aliphatic carbocycles. The molecule has 0 bridgehead atoms. The molecule has 0 aliphatic rings. The molecule has 0 unspecified atom stereocenters. The van der Waals surface area contributed by atoms with Crippen LogP contribution in [0.4, 0.5) is 5.82 Å². The molecule has 124 valence electrons. The highest BCUT2D eigenvalue weighted by molar-refractivity contribution is 7.22. The predicted molar refractivity (Wildman–Crippen MR) is 99.3 cm³/mol. The predicted octanol–water partition coefficient (Wildman–Crippen LogP) is 2.89. The number of amides is 1. The molecule has 0 radical (unpaired) electrons. The summed E-state index contributed by atoms with van der Waals surface area (Å²) in [4.78, 5) is 16.7. The maximum Gasteiger partial charge on any atom is 0.251 e. The average Bonchev–Trinajstić information content (AvgIpc) is 3.25. The Balaban J connectivity index is 1.71. The fourth-order valence-corrected chi connectivity index (χ4v) is 3.90. The maximum absolute atomic E-state index is 11.6. The lowest BCUT2D eigenvalue weighted by atomic mass is 10.1. The van der Waals surface area contributed by atoms with Gasteiger partial charge in [0.25, 0.3) is 5.91 Å². The molecular weight excluding hydrogens is 334 g/mol. The van der Waals surface area contributed by atoms with Gasteiger partial charge in [0, 0.05) is 28.9 Å². The molecule has 25 heavy (non-hydrogen) atoms. The molecule has 4 aromatic rings. The minimum Gasteiger partial charge on any atom is -0.383 e. The first-order valence-corrected chi connectivity index (χ1v) is 8.48. The summed E-state index contributed by atoms with van der Waals surface area (Å²) < 4.78 is 2.65. The van der Waals surface area contributed by atoms with E-state index in [-0.39, 0.29) is 0 Å². The standard InChI is InChI=1S/C18H15N5OS/c19-17-13-8-15(25-16(13)14(9-21-17)18(20)24)12-4-2-11(3-5-12)10-23-7-1-6-22-23/h1-9H,10H2,(H2,19,21)(H2,20,24). The van der Waals surface area contributed by atoms with E-state index in [1.165, 1.54) is 17.5 Å². The smallest absolute Gasteiger partial charge is 0.251 e. The molecule has 0 atom stereocenters. The Morgan fingerprint density at radius 1 is 1.24 bits per heavy atom. The fourth-order valence-electron chi connectivity index (χ4n) is 2.72. The van der Waals surface area contributed by atoms with Gasteiger partial charge in [-0.15, -0.1) is 11.3 Å². The van der Waals surface area contributed by atoms with Crippen LogP contribution in [0, 0.1) is 0 Å². The number of nitrogen functional groups attached to an aromatic ring is 1. The fraction of sp³-hybridized carbons (Fsp3) is 0.0556. The van der Waals surface area contributed by atoms with E-state index in [9.17, 15) is 4.79 Å². The van der Waals surface area contributed by atoms with E-state index >= 15 is 0 Å². The minimum absolute atomic E-state index is 0.399. The van der Waals surface area contributed by atoms with Gasteiger partial charge >= 0.3 is 0 Å². The van der Waals surface area contributed by atoms with Crippen molar-refractivity contribution in [3.8, 4) is 10.4 Å². The largest absolute Gasteiger partial charge is 0.383 e. The van der Waals surface area contributed by atoms with E-state index < -0.39 is 5.91 Å². The number of hydrogen-bond donors (Lipinski definition) is 2. The van der Waals surface area contributed by atoms with Crippen molar-refractivity contribution < 1.29 is 4.79 Å². The van der Waals surface area contributed by atoms with Gasteiger partial charge in [0.15, 0.2) is 0 Å². The Morgan fingerprint density at radius 2 is 2.04 bits per heavy atom. The molecule has 0 spiro atoms. The van der Waals surface area contributed by atoms with Crippen molar-refractivity contribution in [1.29, 1.82) is 0 Å². The van der Waals surface area contributed by atoms with Gasteiger partial charge in [-0.3, -0.25) is 9.48 Å². The second-order valence-electron chi connectivity index (χ2n) is 5.68. The van der Waals surface area contributed by atoms with Crippen molar-refractivity contribution >= 4 is 33.1 Å². The highest BCUT2D eigenvalue weighted by Gasteiger charge is 2.14. The molecule has 1 amide bonds. The number of carbonyl (C=O) groups excluding carboxylic acids is 1. The quantitative estimate of drug-likeness (QED) is 0.591. The Labute approximate surface area is 147 Å². The zero-order valence-electron chi connectivity index (χ0n) is 13.2. The lowest BCUT2D eigenvalue weighted by Crippen LogP contribution is -2.11. The second kappa shape index (κ2) is 6.03. The number of hydrogen-bond acceptors (Lipinski definition) is 5. The molecule has 0 saturated carbocycles.